The number of rotatable bonds is 1. The van der Waals surface area contributed by atoms with Crippen LogP contribution in [0.3, 0.4) is 0 Å². The molecular formula is C6H8O4S. The number of furan rings is 1. The molecule has 0 saturated carbocycles. The highest BCUT2D eigenvalue weighted by molar-refractivity contribution is 7.85. The van der Waals surface area contributed by atoms with Crippen molar-refractivity contribution in [3.8, 4) is 0 Å². The van der Waals surface area contributed by atoms with Crippen molar-refractivity contribution in [2.75, 3.05) is 0 Å². The zero-order chi connectivity index (χ0) is 8.65. The third kappa shape index (κ3) is 1.61. The van der Waals surface area contributed by atoms with E-state index in [0.29, 0.717) is 11.3 Å². The Kier molecular flexibility index (Phi) is 1.77. The molecular weight excluding hydrogens is 168 g/mol. The maximum absolute atomic E-state index is 10.5. The zero-order valence-corrected chi connectivity index (χ0v) is 6.97. The van der Waals surface area contributed by atoms with Crippen LogP contribution in [0.2, 0.25) is 0 Å². The lowest BCUT2D eigenvalue weighted by Gasteiger charge is -1.86. The molecule has 1 N–H and O–H groups in total. The minimum Gasteiger partial charge on any atom is -0.447 e. The van der Waals surface area contributed by atoms with Crippen LogP contribution in [0.15, 0.2) is 15.6 Å². The summed E-state index contributed by atoms with van der Waals surface area (Å²) in [5, 5.41) is -0.396. The average molecular weight is 176 g/mol. The fourth-order valence-electron chi connectivity index (χ4n) is 0.666. The van der Waals surface area contributed by atoms with Crippen molar-refractivity contribution in [2.45, 2.75) is 18.9 Å². The Morgan fingerprint density at radius 1 is 1.45 bits per heavy atom. The molecule has 1 aromatic heterocycles. The van der Waals surface area contributed by atoms with Crippen molar-refractivity contribution < 1.29 is 17.4 Å². The van der Waals surface area contributed by atoms with E-state index in [2.05, 4.69) is 0 Å². The summed E-state index contributed by atoms with van der Waals surface area (Å²) in [5.41, 5.74) is 0.706. The summed E-state index contributed by atoms with van der Waals surface area (Å²) in [6.07, 6.45) is 0. The summed E-state index contributed by atoms with van der Waals surface area (Å²) in [6, 6.07) is 1.28. The van der Waals surface area contributed by atoms with E-state index in [-0.39, 0.29) is 0 Å². The highest BCUT2D eigenvalue weighted by atomic mass is 32.2. The van der Waals surface area contributed by atoms with E-state index < -0.39 is 15.2 Å². The van der Waals surface area contributed by atoms with Gasteiger partial charge in [0.2, 0.25) is 5.09 Å². The van der Waals surface area contributed by atoms with Crippen LogP contribution in [0.1, 0.15) is 11.3 Å². The van der Waals surface area contributed by atoms with Crippen molar-refractivity contribution in [2.24, 2.45) is 0 Å². The second kappa shape index (κ2) is 2.35. The van der Waals surface area contributed by atoms with E-state index >= 15 is 0 Å². The first-order valence-corrected chi connectivity index (χ1v) is 4.40. The monoisotopic (exact) mass is 176 g/mol. The summed E-state index contributed by atoms with van der Waals surface area (Å²) < 4.78 is 34.2. The Hall–Kier alpha value is -0.810. The highest BCUT2D eigenvalue weighted by Crippen LogP contribution is 2.17. The number of aryl methyl sites for hydroxylation is 2. The lowest BCUT2D eigenvalue weighted by molar-refractivity contribution is 0.393. The van der Waals surface area contributed by atoms with Crippen molar-refractivity contribution in [3.63, 3.8) is 0 Å². The van der Waals surface area contributed by atoms with Crippen LogP contribution in [0.4, 0.5) is 0 Å². The Balaban J connectivity index is 3.29. The van der Waals surface area contributed by atoms with Gasteiger partial charge in [-0.15, -0.1) is 0 Å². The third-order valence-corrected chi connectivity index (χ3v) is 2.11. The van der Waals surface area contributed by atoms with Crippen LogP contribution in [0.5, 0.6) is 0 Å². The van der Waals surface area contributed by atoms with E-state index in [1.165, 1.54) is 6.07 Å². The molecule has 0 unspecified atom stereocenters. The normalized spacial score (nSPS) is 11.9. The largest absolute Gasteiger partial charge is 0.447 e. The summed E-state index contributed by atoms with van der Waals surface area (Å²) in [7, 11) is -4.17. The Bertz CT molecular complexity index is 340. The van der Waals surface area contributed by atoms with Crippen molar-refractivity contribution >= 4 is 10.1 Å². The first-order chi connectivity index (χ1) is 4.91. The first kappa shape index (κ1) is 8.29. The molecule has 5 heteroatoms. The van der Waals surface area contributed by atoms with Crippen molar-refractivity contribution in [1.29, 1.82) is 0 Å². The van der Waals surface area contributed by atoms with Crippen molar-refractivity contribution in [3.05, 3.63) is 17.4 Å². The quantitative estimate of drug-likeness (QED) is 0.651. The van der Waals surface area contributed by atoms with E-state index in [4.69, 9.17) is 8.97 Å². The molecule has 0 radical (unpaired) electrons. The summed E-state index contributed by atoms with van der Waals surface area (Å²) in [4.78, 5) is 0. The molecule has 62 valence electrons. The SMILES string of the molecule is Cc1cc(S(=O)(=O)O)oc1C. The van der Waals surface area contributed by atoms with E-state index in [0.717, 1.165) is 0 Å². The molecule has 1 rings (SSSR count). The van der Waals surface area contributed by atoms with Gasteiger partial charge in [-0.2, -0.15) is 8.42 Å². The second-order valence-corrected chi connectivity index (χ2v) is 3.63. The molecule has 0 bridgehead atoms. The lowest BCUT2D eigenvalue weighted by Crippen LogP contribution is -1.94. The fourth-order valence-corrected chi connectivity index (χ4v) is 1.22. The Labute approximate surface area is 64.6 Å². The van der Waals surface area contributed by atoms with Gasteiger partial charge in [0.1, 0.15) is 5.76 Å². The molecule has 0 atom stereocenters. The van der Waals surface area contributed by atoms with E-state index in [9.17, 15) is 8.42 Å². The molecule has 0 aliphatic rings. The van der Waals surface area contributed by atoms with Crippen LogP contribution in [-0.2, 0) is 10.1 Å². The van der Waals surface area contributed by atoms with Gasteiger partial charge in [0.05, 0.1) is 0 Å². The van der Waals surface area contributed by atoms with E-state index in [1.807, 2.05) is 0 Å². The first-order valence-electron chi connectivity index (χ1n) is 2.96. The lowest BCUT2D eigenvalue weighted by atomic mass is 10.3. The summed E-state index contributed by atoms with van der Waals surface area (Å²) in [5.74, 6) is 0.498. The average Bonchev–Trinajstić information content (AvgIpc) is 2.11. The second-order valence-electron chi connectivity index (χ2n) is 2.28. The number of hydrogen-bond donors (Lipinski definition) is 1. The predicted molar refractivity (Wildman–Crippen MR) is 38.0 cm³/mol. The van der Waals surface area contributed by atoms with Crippen LogP contribution >= 0.6 is 0 Å². The molecule has 0 aromatic carbocycles. The zero-order valence-electron chi connectivity index (χ0n) is 6.16. The van der Waals surface area contributed by atoms with Crippen LogP contribution in [0, 0.1) is 13.8 Å². The van der Waals surface area contributed by atoms with Gasteiger partial charge >= 0.3 is 10.1 Å². The van der Waals surface area contributed by atoms with E-state index in [1.54, 1.807) is 13.8 Å². The molecule has 0 spiro atoms. The standard InChI is InChI=1S/C6H8O4S/c1-4-3-6(10-5(4)2)11(7,8)9/h3H,1-2H3,(H,7,8,9). The van der Waals surface area contributed by atoms with Gasteiger partial charge in [0, 0.05) is 6.07 Å². The van der Waals surface area contributed by atoms with Gasteiger partial charge in [-0.1, -0.05) is 0 Å². The maximum atomic E-state index is 10.5. The minimum atomic E-state index is -4.17. The number of hydrogen-bond acceptors (Lipinski definition) is 3. The predicted octanol–water partition coefficient (Wildman–Crippen LogP) is 1.14. The maximum Gasteiger partial charge on any atom is 0.328 e. The fraction of sp³-hybridized carbons (Fsp3) is 0.333. The molecule has 0 saturated heterocycles. The van der Waals surface area contributed by atoms with Gasteiger partial charge in [0.15, 0.2) is 0 Å². The van der Waals surface area contributed by atoms with Crippen LogP contribution in [0.25, 0.3) is 0 Å². The third-order valence-electron chi connectivity index (χ3n) is 1.40. The Morgan fingerprint density at radius 3 is 2.18 bits per heavy atom. The molecule has 11 heavy (non-hydrogen) atoms. The molecule has 1 aromatic rings. The van der Waals surface area contributed by atoms with Gasteiger partial charge in [-0.05, 0) is 19.4 Å². The smallest absolute Gasteiger partial charge is 0.328 e. The molecule has 0 amide bonds. The molecule has 4 nitrogen and oxygen atoms in total. The van der Waals surface area contributed by atoms with Crippen LogP contribution < -0.4 is 0 Å². The Morgan fingerprint density at radius 2 is 2.00 bits per heavy atom. The minimum absolute atomic E-state index is 0.396. The van der Waals surface area contributed by atoms with Crippen molar-refractivity contribution in [1.82, 2.24) is 0 Å². The highest BCUT2D eigenvalue weighted by Gasteiger charge is 2.15. The van der Waals surface area contributed by atoms with Gasteiger partial charge in [-0.25, -0.2) is 0 Å². The molecule has 0 fully saturated rings. The molecule has 0 aliphatic heterocycles. The molecule has 0 aliphatic carbocycles. The van der Waals surface area contributed by atoms with Gasteiger partial charge in [0.25, 0.3) is 0 Å². The molecule has 1 heterocycles. The van der Waals surface area contributed by atoms with Gasteiger partial charge in [-0.3, -0.25) is 4.55 Å². The summed E-state index contributed by atoms with van der Waals surface area (Å²) >= 11 is 0. The topological polar surface area (TPSA) is 67.5 Å². The van der Waals surface area contributed by atoms with Gasteiger partial charge < -0.3 is 4.42 Å². The summed E-state index contributed by atoms with van der Waals surface area (Å²) in [6.45, 7) is 3.33. The van der Waals surface area contributed by atoms with Crippen LogP contribution in [-0.4, -0.2) is 13.0 Å².